The molecule has 0 radical (unpaired) electrons. The Morgan fingerprint density at radius 1 is 1.25 bits per heavy atom. The SMILES string of the molecule is CCc1ccc(CC)c(C(=O)OC)c1N.Cl. The molecule has 0 aliphatic carbocycles. The zero-order chi connectivity index (χ0) is 11.4. The molecule has 4 heteroatoms. The minimum absolute atomic E-state index is 0. The average molecular weight is 244 g/mol. The van der Waals surface area contributed by atoms with E-state index in [-0.39, 0.29) is 18.4 Å². The summed E-state index contributed by atoms with van der Waals surface area (Å²) in [5, 5.41) is 0. The highest BCUT2D eigenvalue weighted by molar-refractivity contribution is 5.97. The average Bonchev–Trinajstić information content (AvgIpc) is 2.27. The molecule has 0 bridgehead atoms. The maximum absolute atomic E-state index is 11.6. The van der Waals surface area contributed by atoms with Crippen LogP contribution < -0.4 is 5.73 Å². The van der Waals surface area contributed by atoms with Crippen LogP contribution in [0, 0.1) is 0 Å². The Bertz CT molecular complexity index is 378. The molecule has 0 spiro atoms. The number of ether oxygens (including phenoxy) is 1. The number of hydrogen-bond acceptors (Lipinski definition) is 3. The molecule has 1 rings (SSSR count). The van der Waals surface area contributed by atoms with Crippen LogP contribution in [0.3, 0.4) is 0 Å². The zero-order valence-corrected chi connectivity index (χ0v) is 10.7. The van der Waals surface area contributed by atoms with Crippen LogP contribution >= 0.6 is 12.4 Å². The minimum atomic E-state index is -0.348. The van der Waals surface area contributed by atoms with E-state index in [9.17, 15) is 4.79 Å². The van der Waals surface area contributed by atoms with Crippen molar-refractivity contribution in [3.63, 3.8) is 0 Å². The highest BCUT2D eigenvalue weighted by Gasteiger charge is 2.16. The third-order valence-electron chi connectivity index (χ3n) is 2.57. The first-order valence-electron chi connectivity index (χ1n) is 5.14. The molecule has 0 fully saturated rings. The number of rotatable bonds is 3. The van der Waals surface area contributed by atoms with Crippen molar-refractivity contribution in [1.29, 1.82) is 0 Å². The van der Waals surface area contributed by atoms with Gasteiger partial charge in [-0.25, -0.2) is 4.79 Å². The van der Waals surface area contributed by atoms with Crippen molar-refractivity contribution in [2.45, 2.75) is 26.7 Å². The van der Waals surface area contributed by atoms with E-state index in [2.05, 4.69) is 0 Å². The normalized spacial score (nSPS) is 9.44. The lowest BCUT2D eigenvalue weighted by atomic mass is 9.98. The van der Waals surface area contributed by atoms with Crippen molar-refractivity contribution in [3.05, 3.63) is 28.8 Å². The predicted octanol–water partition coefficient (Wildman–Crippen LogP) is 2.60. The maximum Gasteiger partial charge on any atom is 0.340 e. The van der Waals surface area contributed by atoms with Crippen molar-refractivity contribution in [2.24, 2.45) is 0 Å². The number of anilines is 1. The molecule has 1 aromatic carbocycles. The van der Waals surface area contributed by atoms with E-state index < -0.39 is 0 Å². The van der Waals surface area contributed by atoms with Gasteiger partial charge in [-0.3, -0.25) is 0 Å². The molecule has 0 heterocycles. The number of carbonyl (C=O) groups excluding carboxylic acids is 1. The van der Waals surface area contributed by atoms with Gasteiger partial charge in [0.15, 0.2) is 0 Å². The molecular weight excluding hydrogens is 226 g/mol. The van der Waals surface area contributed by atoms with Gasteiger partial charge in [0.25, 0.3) is 0 Å². The minimum Gasteiger partial charge on any atom is -0.465 e. The fourth-order valence-corrected chi connectivity index (χ4v) is 1.65. The lowest BCUT2D eigenvalue weighted by Crippen LogP contribution is -2.11. The van der Waals surface area contributed by atoms with Gasteiger partial charge in [-0.05, 0) is 24.0 Å². The van der Waals surface area contributed by atoms with Gasteiger partial charge in [0.1, 0.15) is 0 Å². The molecule has 0 saturated heterocycles. The summed E-state index contributed by atoms with van der Waals surface area (Å²) in [6, 6.07) is 3.92. The van der Waals surface area contributed by atoms with Crippen LogP contribution in [0.2, 0.25) is 0 Å². The van der Waals surface area contributed by atoms with E-state index in [1.54, 1.807) is 0 Å². The summed E-state index contributed by atoms with van der Waals surface area (Å²) in [7, 11) is 1.37. The number of esters is 1. The summed E-state index contributed by atoms with van der Waals surface area (Å²) >= 11 is 0. The first-order chi connectivity index (χ1) is 7.15. The smallest absolute Gasteiger partial charge is 0.340 e. The van der Waals surface area contributed by atoms with Gasteiger partial charge in [-0.2, -0.15) is 0 Å². The third kappa shape index (κ3) is 2.67. The largest absolute Gasteiger partial charge is 0.465 e. The molecule has 16 heavy (non-hydrogen) atoms. The maximum atomic E-state index is 11.6. The van der Waals surface area contributed by atoms with E-state index in [0.717, 1.165) is 24.0 Å². The van der Waals surface area contributed by atoms with Gasteiger partial charge in [0, 0.05) is 5.69 Å². The van der Waals surface area contributed by atoms with Crippen molar-refractivity contribution in [1.82, 2.24) is 0 Å². The summed E-state index contributed by atoms with van der Waals surface area (Å²) in [5.41, 5.74) is 8.97. The summed E-state index contributed by atoms with van der Waals surface area (Å²) in [6.07, 6.45) is 1.60. The first kappa shape index (κ1) is 14.8. The Kier molecular flexibility index (Phi) is 5.89. The van der Waals surface area contributed by atoms with E-state index in [0.29, 0.717) is 11.3 Å². The quantitative estimate of drug-likeness (QED) is 0.656. The van der Waals surface area contributed by atoms with Gasteiger partial charge in [0.05, 0.1) is 12.7 Å². The van der Waals surface area contributed by atoms with Gasteiger partial charge < -0.3 is 10.5 Å². The van der Waals surface area contributed by atoms with E-state index in [1.807, 2.05) is 26.0 Å². The summed E-state index contributed by atoms with van der Waals surface area (Å²) < 4.78 is 4.74. The molecule has 0 aliphatic rings. The van der Waals surface area contributed by atoms with Gasteiger partial charge in [0.2, 0.25) is 0 Å². The standard InChI is InChI=1S/C12H17NO2.ClH/c1-4-8-6-7-9(5-2)11(13)10(8)12(14)15-3;/h6-7H,4-5,13H2,1-3H3;1H. The molecule has 2 N–H and O–H groups in total. The lowest BCUT2D eigenvalue weighted by Gasteiger charge is -2.12. The summed E-state index contributed by atoms with van der Waals surface area (Å²) in [5.74, 6) is -0.348. The topological polar surface area (TPSA) is 52.3 Å². The summed E-state index contributed by atoms with van der Waals surface area (Å²) in [6.45, 7) is 4.01. The highest BCUT2D eigenvalue weighted by Crippen LogP contribution is 2.23. The number of halogens is 1. The van der Waals surface area contributed by atoms with Crippen LogP contribution in [-0.4, -0.2) is 13.1 Å². The number of nitrogens with two attached hydrogens (primary N) is 1. The molecule has 0 unspecified atom stereocenters. The van der Waals surface area contributed by atoms with Gasteiger partial charge in [-0.1, -0.05) is 26.0 Å². The van der Waals surface area contributed by atoms with Crippen LogP contribution in [0.1, 0.15) is 35.3 Å². The molecule has 1 aromatic rings. The Labute approximate surface area is 102 Å². The predicted molar refractivity (Wildman–Crippen MR) is 68.2 cm³/mol. The van der Waals surface area contributed by atoms with Gasteiger partial charge >= 0.3 is 5.97 Å². The molecule has 0 amide bonds. The Morgan fingerprint density at radius 3 is 2.19 bits per heavy atom. The number of aryl methyl sites for hydroxylation is 2. The lowest BCUT2D eigenvalue weighted by molar-refractivity contribution is 0.0600. The number of nitrogen functional groups attached to an aromatic ring is 1. The Morgan fingerprint density at radius 2 is 1.75 bits per heavy atom. The van der Waals surface area contributed by atoms with Crippen molar-refractivity contribution in [2.75, 3.05) is 12.8 Å². The fourth-order valence-electron chi connectivity index (χ4n) is 1.65. The van der Waals surface area contributed by atoms with E-state index in [4.69, 9.17) is 10.5 Å². The molecule has 0 aliphatic heterocycles. The number of methoxy groups -OCH3 is 1. The monoisotopic (exact) mass is 243 g/mol. The number of hydrogen-bond donors (Lipinski definition) is 1. The number of benzene rings is 1. The van der Waals surface area contributed by atoms with E-state index in [1.165, 1.54) is 7.11 Å². The Balaban J connectivity index is 0.00000225. The van der Waals surface area contributed by atoms with Gasteiger partial charge in [-0.15, -0.1) is 12.4 Å². The van der Waals surface area contributed by atoms with Crippen molar-refractivity contribution >= 4 is 24.1 Å². The van der Waals surface area contributed by atoms with E-state index >= 15 is 0 Å². The molecule has 3 nitrogen and oxygen atoms in total. The van der Waals surface area contributed by atoms with Crippen LogP contribution in [0.25, 0.3) is 0 Å². The molecule has 0 saturated carbocycles. The van der Waals surface area contributed by atoms with Crippen LogP contribution in [0.4, 0.5) is 5.69 Å². The van der Waals surface area contributed by atoms with Crippen LogP contribution in [-0.2, 0) is 17.6 Å². The Hall–Kier alpha value is -1.22. The van der Waals surface area contributed by atoms with Crippen LogP contribution in [0.5, 0.6) is 0 Å². The zero-order valence-electron chi connectivity index (χ0n) is 9.87. The summed E-state index contributed by atoms with van der Waals surface area (Å²) in [4.78, 5) is 11.6. The second-order valence-electron chi connectivity index (χ2n) is 3.37. The third-order valence-corrected chi connectivity index (χ3v) is 2.57. The second kappa shape index (κ2) is 6.38. The second-order valence-corrected chi connectivity index (χ2v) is 3.37. The molecule has 0 aromatic heterocycles. The first-order valence-corrected chi connectivity index (χ1v) is 5.14. The highest BCUT2D eigenvalue weighted by atomic mass is 35.5. The molecule has 90 valence electrons. The molecular formula is C12H18ClNO2. The fraction of sp³-hybridized carbons (Fsp3) is 0.417. The van der Waals surface area contributed by atoms with Crippen molar-refractivity contribution in [3.8, 4) is 0 Å². The van der Waals surface area contributed by atoms with Crippen molar-refractivity contribution < 1.29 is 9.53 Å². The van der Waals surface area contributed by atoms with Crippen LogP contribution in [0.15, 0.2) is 12.1 Å². The number of carbonyl (C=O) groups is 1. The molecule has 0 atom stereocenters.